The summed E-state index contributed by atoms with van der Waals surface area (Å²) in [5, 5.41) is 1.55. The third-order valence-electron chi connectivity index (χ3n) is 1.30. The van der Waals surface area contributed by atoms with Crippen molar-refractivity contribution in [2.24, 2.45) is 0 Å². The van der Waals surface area contributed by atoms with E-state index < -0.39 is 0 Å². The first-order valence-corrected chi connectivity index (χ1v) is 4.41. The predicted octanol–water partition coefficient (Wildman–Crippen LogP) is 3.42. The lowest BCUT2D eigenvalue weighted by Crippen LogP contribution is -1.81. The van der Waals surface area contributed by atoms with Crippen LogP contribution in [0.5, 0.6) is 0 Å². The molecule has 0 aliphatic rings. The molecule has 2 heteroatoms. The first-order chi connectivity index (χ1) is 4.75. The van der Waals surface area contributed by atoms with Crippen LogP contribution in [-0.2, 0) is 5.33 Å². The Morgan fingerprint density at radius 2 is 2.20 bits per heavy atom. The molecule has 0 saturated heterocycles. The second kappa shape index (κ2) is 3.40. The van der Waals surface area contributed by atoms with Crippen LogP contribution in [0.4, 0.5) is 0 Å². The molecule has 0 aliphatic heterocycles. The van der Waals surface area contributed by atoms with Gasteiger partial charge in [0.25, 0.3) is 0 Å². The van der Waals surface area contributed by atoms with Gasteiger partial charge in [-0.15, -0.1) is 0 Å². The monoisotopic (exact) mass is 217 g/mol. The van der Waals surface area contributed by atoms with Gasteiger partial charge in [-0.2, -0.15) is 0 Å². The van der Waals surface area contributed by atoms with Gasteiger partial charge in [0, 0.05) is 10.4 Å². The number of hydrogen-bond acceptors (Lipinski definition) is 0. The Kier molecular flexibility index (Phi) is 2.75. The summed E-state index contributed by atoms with van der Waals surface area (Å²) >= 11 is 9.23. The first-order valence-electron chi connectivity index (χ1n) is 2.91. The summed E-state index contributed by atoms with van der Waals surface area (Å²) in [4.78, 5) is 0. The topological polar surface area (TPSA) is 0 Å². The van der Waals surface area contributed by atoms with Gasteiger partial charge in [0.05, 0.1) is 0 Å². The number of benzene rings is 1. The summed E-state index contributed by atoms with van der Waals surface area (Å²) in [5.74, 6) is 0. The summed E-state index contributed by atoms with van der Waals surface area (Å²) in [7, 11) is 0. The second-order valence-corrected chi connectivity index (χ2v) is 2.96. The molecule has 0 spiro atoms. The number of rotatable bonds is 1. The van der Waals surface area contributed by atoms with E-state index >= 15 is 0 Å². The maximum atomic E-state index is 5.90. The normalized spacial score (nSPS) is 9.90. The molecule has 0 aromatic heterocycles. The maximum Gasteiger partial charge on any atom is 0.0478 e. The van der Waals surface area contributed by atoms with E-state index in [1.54, 1.807) is 0 Å². The van der Waals surface area contributed by atoms with Gasteiger partial charge >= 0.3 is 0 Å². The Balaban J connectivity index is 3.14. The Labute approximate surface area is 74.3 Å². The molecule has 0 aliphatic carbocycles. The van der Waals surface area contributed by atoms with Crippen molar-refractivity contribution in [1.29, 1.82) is 0 Å². The molecule has 0 amide bonds. The van der Waals surface area contributed by atoms with E-state index in [9.17, 15) is 0 Å². The van der Waals surface area contributed by atoms with Gasteiger partial charge in [-0.1, -0.05) is 45.7 Å². The van der Waals surface area contributed by atoms with Crippen molar-refractivity contribution in [1.82, 2.24) is 0 Å². The van der Waals surface area contributed by atoms with Crippen LogP contribution >= 0.6 is 27.5 Å². The van der Waals surface area contributed by atoms with Crippen LogP contribution in [0.1, 0.15) is 11.1 Å². The molecule has 10 heavy (non-hydrogen) atoms. The first kappa shape index (κ1) is 8.09. The van der Waals surface area contributed by atoms with Gasteiger partial charge < -0.3 is 0 Å². The predicted molar refractivity (Wildman–Crippen MR) is 48.5 cm³/mol. The number of alkyl halides is 1. The summed E-state index contributed by atoms with van der Waals surface area (Å²) in [5.41, 5.74) is 1.98. The van der Waals surface area contributed by atoms with Crippen LogP contribution in [0.15, 0.2) is 18.2 Å². The van der Waals surface area contributed by atoms with Crippen molar-refractivity contribution < 1.29 is 0 Å². The van der Waals surface area contributed by atoms with E-state index in [0.29, 0.717) is 0 Å². The lowest BCUT2D eigenvalue weighted by atomic mass is 10.2. The fourth-order valence-corrected chi connectivity index (χ4v) is 1.56. The van der Waals surface area contributed by atoms with Gasteiger partial charge in [0.2, 0.25) is 0 Å². The summed E-state index contributed by atoms with van der Waals surface area (Å²) in [6.45, 7) is 3.78. The van der Waals surface area contributed by atoms with E-state index in [2.05, 4.69) is 22.9 Å². The van der Waals surface area contributed by atoms with E-state index in [0.717, 1.165) is 21.5 Å². The van der Waals surface area contributed by atoms with Crippen LogP contribution in [0, 0.1) is 6.92 Å². The van der Waals surface area contributed by atoms with E-state index in [-0.39, 0.29) is 0 Å². The van der Waals surface area contributed by atoms with Crippen LogP contribution in [0.2, 0.25) is 5.02 Å². The third-order valence-corrected chi connectivity index (χ3v) is 2.39. The van der Waals surface area contributed by atoms with Crippen LogP contribution in [0.3, 0.4) is 0 Å². The van der Waals surface area contributed by atoms with Crippen LogP contribution < -0.4 is 0 Å². The Bertz CT molecular complexity index is 233. The maximum absolute atomic E-state index is 5.90. The molecular formula is C8H7BrCl. The highest BCUT2D eigenvalue weighted by molar-refractivity contribution is 9.08. The number of hydrogen-bond donors (Lipinski definition) is 0. The van der Waals surface area contributed by atoms with Crippen LogP contribution in [0.25, 0.3) is 0 Å². The molecule has 0 nitrogen and oxygen atoms in total. The largest absolute Gasteiger partial charge is 0.0876 e. The highest BCUT2D eigenvalue weighted by atomic mass is 79.9. The molecule has 0 fully saturated rings. The quantitative estimate of drug-likeness (QED) is 0.634. The Morgan fingerprint density at radius 3 is 2.70 bits per heavy atom. The average Bonchev–Trinajstić information content (AvgIpc) is 1.95. The molecule has 1 rings (SSSR count). The molecule has 0 saturated carbocycles. The molecule has 53 valence electrons. The van der Waals surface area contributed by atoms with Gasteiger partial charge in [0.15, 0.2) is 0 Å². The molecule has 1 radical (unpaired) electrons. The summed E-state index contributed by atoms with van der Waals surface area (Å²) < 4.78 is 0. The third kappa shape index (κ3) is 1.53. The smallest absolute Gasteiger partial charge is 0.0478 e. The van der Waals surface area contributed by atoms with E-state index in [1.165, 1.54) is 0 Å². The second-order valence-electron chi connectivity index (χ2n) is 2.02. The highest BCUT2D eigenvalue weighted by Gasteiger charge is 1.98. The minimum Gasteiger partial charge on any atom is -0.0876 e. The fraction of sp³-hybridized carbons (Fsp3) is 0.125. The zero-order valence-electron chi connectivity index (χ0n) is 5.40. The van der Waals surface area contributed by atoms with E-state index in [1.807, 2.05) is 18.2 Å². The van der Waals surface area contributed by atoms with Crippen molar-refractivity contribution in [3.8, 4) is 0 Å². The Morgan fingerprint density at radius 1 is 1.50 bits per heavy atom. The van der Waals surface area contributed by atoms with Gasteiger partial charge in [-0.25, -0.2) is 0 Å². The zero-order chi connectivity index (χ0) is 7.56. The Hall–Kier alpha value is -0.0100. The molecule has 0 heterocycles. The molecular weight excluding hydrogens is 211 g/mol. The van der Waals surface area contributed by atoms with Crippen molar-refractivity contribution in [2.45, 2.75) is 5.33 Å². The van der Waals surface area contributed by atoms with Crippen molar-refractivity contribution in [3.63, 3.8) is 0 Å². The van der Waals surface area contributed by atoms with Gasteiger partial charge in [-0.3, -0.25) is 0 Å². The lowest BCUT2D eigenvalue weighted by molar-refractivity contribution is 1.41. The van der Waals surface area contributed by atoms with Crippen molar-refractivity contribution >= 4 is 27.5 Å². The number of halogens is 2. The zero-order valence-corrected chi connectivity index (χ0v) is 7.74. The lowest BCUT2D eigenvalue weighted by Gasteiger charge is -2.01. The van der Waals surface area contributed by atoms with E-state index in [4.69, 9.17) is 11.6 Å². The SMILES string of the molecule is [CH2]c1cccc(CBr)c1Cl. The van der Waals surface area contributed by atoms with Crippen LogP contribution in [-0.4, -0.2) is 0 Å². The molecule has 1 aromatic carbocycles. The summed E-state index contributed by atoms with van der Waals surface area (Å²) in [6, 6.07) is 5.82. The fourth-order valence-electron chi connectivity index (χ4n) is 0.736. The average molecular weight is 219 g/mol. The summed E-state index contributed by atoms with van der Waals surface area (Å²) in [6.07, 6.45) is 0. The van der Waals surface area contributed by atoms with Gasteiger partial charge in [0.1, 0.15) is 0 Å². The molecule has 0 atom stereocenters. The standard InChI is InChI=1S/C8H7BrCl/c1-6-3-2-4-7(5-9)8(6)10/h2-4H,1,5H2. The molecule has 0 N–H and O–H groups in total. The van der Waals surface area contributed by atoms with Crippen molar-refractivity contribution in [2.75, 3.05) is 0 Å². The molecule has 0 bridgehead atoms. The minimum atomic E-state index is 0.763. The molecule has 0 unspecified atom stereocenters. The highest BCUT2D eigenvalue weighted by Crippen LogP contribution is 2.21. The molecule has 1 aromatic rings. The van der Waals surface area contributed by atoms with Gasteiger partial charge in [-0.05, 0) is 18.1 Å². The minimum absolute atomic E-state index is 0.763. The van der Waals surface area contributed by atoms with Crippen molar-refractivity contribution in [3.05, 3.63) is 41.3 Å².